The Bertz CT molecular complexity index is 1250. The minimum Gasteiger partial charge on any atom is -0.362 e. The summed E-state index contributed by atoms with van der Waals surface area (Å²) in [6.07, 6.45) is 6.24. The monoisotopic (exact) mass is 457 g/mol. The van der Waals surface area contributed by atoms with Gasteiger partial charge in [-0.2, -0.15) is 10.4 Å². The summed E-state index contributed by atoms with van der Waals surface area (Å²) >= 11 is 0. The highest BCUT2D eigenvalue weighted by Crippen LogP contribution is 2.43. The number of hydrogen-bond acceptors (Lipinski definition) is 7. The molecular weight excluding hydrogens is 430 g/mol. The molecule has 2 bridgehead atoms. The molecule has 4 unspecified atom stereocenters. The molecule has 2 saturated heterocycles. The van der Waals surface area contributed by atoms with Crippen molar-refractivity contribution in [3.63, 3.8) is 0 Å². The number of piperazine rings is 1. The van der Waals surface area contributed by atoms with E-state index >= 15 is 0 Å². The molecule has 34 heavy (non-hydrogen) atoms. The van der Waals surface area contributed by atoms with Crippen LogP contribution in [0.4, 0.5) is 5.82 Å². The zero-order chi connectivity index (χ0) is 23.2. The number of nitriles is 1. The highest BCUT2D eigenvalue weighted by molar-refractivity contribution is 5.78. The number of ether oxygens (including phenoxy) is 1. The molecule has 6 rings (SSSR count). The van der Waals surface area contributed by atoms with Crippen LogP contribution >= 0.6 is 0 Å². The molecule has 0 N–H and O–H groups in total. The largest absolute Gasteiger partial charge is 0.362 e. The molecule has 0 radical (unpaired) electrons. The lowest BCUT2D eigenvalue weighted by atomic mass is 10.0. The van der Waals surface area contributed by atoms with Crippen molar-refractivity contribution < 1.29 is 9.53 Å². The van der Waals surface area contributed by atoms with Crippen LogP contribution in [0.1, 0.15) is 43.5 Å². The second-order valence-electron chi connectivity index (χ2n) is 9.71. The lowest BCUT2D eigenvalue weighted by molar-refractivity contribution is -0.140. The van der Waals surface area contributed by atoms with Crippen LogP contribution in [0.5, 0.6) is 0 Å². The molecule has 0 spiro atoms. The lowest BCUT2D eigenvalue weighted by Crippen LogP contribution is -2.57. The molecule has 3 aliphatic rings. The van der Waals surface area contributed by atoms with Crippen molar-refractivity contribution >= 4 is 17.4 Å². The maximum atomic E-state index is 13.2. The van der Waals surface area contributed by atoms with Gasteiger partial charge >= 0.3 is 0 Å². The average molecular weight is 458 g/mol. The molecule has 5 heterocycles. The number of carbonyl (C=O) groups is 1. The summed E-state index contributed by atoms with van der Waals surface area (Å²) in [6.45, 7) is 3.63. The molecule has 9 nitrogen and oxygen atoms in total. The van der Waals surface area contributed by atoms with Crippen LogP contribution in [0.25, 0.3) is 5.65 Å². The molecule has 9 heteroatoms. The van der Waals surface area contributed by atoms with E-state index in [1.54, 1.807) is 12.5 Å². The molecule has 1 aliphatic carbocycles. The molecule has 3 aromatic heterocycles. The van der Waals surface area contributed by atoms with Gasteiger partial charge in [0.15, 0.2) is 5.65 Å². The first-order valence-electron chi connectivity index (χ1n) is 11.9. The third-order valence-corrected chi connectivity index (χ3v) is 7.44. The van der Waals surface area contributed by atoms with Gasteiger partial charge in [-0.05, 0) is 55.4 Å². The van der Waals surface area contributed by atoms with Gasteiger partial charge in [-0.3, -0.25) is 4.79 Å². The van der Waals surface area contributed by atoms with Gasteiger partial charge in [0.25, 0.3) is 0 Å². The van der Waals surface area contributed by atoms with Crippen LogP contribution in [-0.4, -0.2) is 62.2 Å². The molecule has 4 atom stereocenters. The molecule has 1 amide bonds. The molecule has 1 saturated carbocycles. The van der Waals surface area contributed by atoms with Gasteiger partial charge in [-0.1, -0.05) is 13.0 Å². The van der Waals surface area contributed by atoms with Crippen molar-refractivity contribution in [1.82, 2.24) is 24.5 Å². The van der Waals surface area contributed by atoms with Crippen molar-refractivity contribution in [3.8, 4) is 6.07 Å². The first kappa shape index (κ1) is 21.1. The van der Waals surface area contributed by atoms with Crippen LogP contribution in [0, 0.1) is 23.2 Å². The number of aromatic nitrogens is 4. The number of hydrogen-bond donors (Lipinski definition) is 0. The van der Waals surface area contributed by atoms with Gasteiger partial charge < -0.3 is 14.5 Å². The molecule has 3 aromatic rings. The summed E-state index contributed by atoms with van der Waals surface area (Å²) in [5.74, 6) is 1.80. The second-order valence-corrected chi connectivity index (χ2v) is 9.71. The predicted octanol–water partition coefficient (Wildman–Crippen LogP) is 2.59. The van der Waals surface area contributed by atoms with Crippen LogP contribution in [-0.2, 0) is 9.53 Å². The van der Waals surface area contributed by atoms with Gasteiger partial charge in [-0.15, -0.1) is 0 Å². The number of carbonyl (C=O) groups excluding carboxylic acids is 1. The maximum Gasteiger partial charge on any atom is 0.248 e. The van der Waals surface area contributed by atoms with Gasteiger partial charge in [0.05, 0.1) is 17.3 Å². The Labute approximate surface area is 198 Å². The highest BCUT2D eigenvalue weighted by atomic mass is 16.5. The third-order valence-electron chi connectivity index (χ3n) is 7.44. The highest BCUT2D eigenvalue weighted by Gasteiger charge is 2.46. The Hall–Kier alpha value is -3.51. The number of anilines is 1. The van der Waals surface area contributed by atoms with Crippen LogP contribution in [0.2, 0.25) is 0 Å². The zero-order valence-corrected chi connectivity index (χ0v) is 19.1. The molecule has 3 fully saturated rings. The number of nitrogens with zero attached hydrogens (tertiary/aromatic N) is 7. The van der Waals surface area contributed by atoms with E-state index in [1.807, 2.05) is 39.7 Å². The second kappa shape index (κ2) is 8.37. The van der Waals surface area contributed by atoms with Gasteiger partial charge in [0.2, 0.25) is 5.91 Å². The van der Waals surface area contributed by atoms with Gasteiger partial charge in [0.1, 0.15) is 30.9 Å². The third kappa shape index (κ3) is 3.68. The summed E-state index contributed by atoms with van der Waals surface area (Å²) in [5, 5.41) is 13.4. The normalized spacial score (nSPS) is 24.9. The Morgan fingerprint density at radius 3 is 2.85 bits per heavy atom. The van der Waals surface area contributed by atoms with Crippen molar-refractivity contribution in [2.24, 2.45) is 11.8 Å². The number of rotatable bonds is 6. The fourth-order valence-electron chi connectivity index (χ4n) is 5.59. The number of amides is 1. The van der Waals surface area contributed by atoms with E-state index in [1.165, 1.54) is 0 Å². The van der Waals surface area contributed by atoms with E-state index in [-0.39, 0.29) is 30.7 Å². The Balaban J connectivity index is 1.15. The van der Waals surface area contributed by atoms with Crippen molar-refractivity contribution in [1.29, 1.82) is 5.26 Å². The smallest absolute Gasteiger partial charge is 0.248 e. The summed E-state index contributed by atoms with van der Waals surface area (Å²) in [4.78, 5) is 26.3. The Morgan fingerprint density at radius 1 is 1.24 bits per heavy atom. The lowest BCUT2D eigenvalue weighted by Gasteiger charge is -2.42. The summed E-state index contributed by atoms with van der Waals surface area (Å²) < 4.78 is 8.08. The van der Waals surface area contributed by atoms with Crippen LogP contribution < -0.4 is 4.90 Å². The minimum absolute atomic E-state index is 0.0351. The van der Waals surface area contributed by atoms with E-state index in [9.17, 15) is 4.79 Å². The fourth-order valence-corrected chi connectivity index (χ4v) is 5.59. The van der Waals surface area contributed by atoms with E-state index in [0.29, 0.717) is 30.5 Å². The van der Waals surface area contributed by atoms with Crippen LogP contribution in [0.3, 0.4) is 0 Å². The molecule has 0 aromatic carbocycles. The van der Waals surface area contributed by atoms with E-state index in [4.69, 9.17) is 10.00 Å². The summed E-state index contributed by atoms with van der Waals surface area (Å²) in [6, 6.07) is 12.2. The van der Waals surface area contributed by atoms with Crippen molar-refractivity contribution in [2.45, 2.75) is 44.4 Å². The maximum absolute atomic E-state index is 13.2. The van der Waals surface area contributed by atoms with Crippen molar-refractivity contribution in [2.75, 3.05) is 24.6 Å². The molecular formula is C25H27N7O2. The number of pyridine rings is 2. The minimum atomic E-state index is -0.158. The standard InChI is InChI=1S/C25H27N7O2/c1-16-9-19-12-30(13-21(16)31(19)22-8-5-17(10-26)11-27-22)24(33)14-34-25(18-6-7-18)20-3-2-4-23-28-15-29-32(20)23/h2-5,8,11,15-16,18-19,21,25H,6-7,9,12-14H2,1H3. The topological polar surface area (TPSA) is 99.7 Å². The van der Waals surface area contributed by atoms with E-state index < -0.39 is 0 Å². The van der Waals surface area contributed by atoms with E-state index in [0.717, 1.165) is 36.4 Å². The Morgan fingerprint density at radius 2 is 2.12 bits per heavy atom. The quantitative estimate of drug-likeness (QED) is 0.561. The molecule has 174 valence electrons. The van der Waals surface area contributed by atoms with Crippen molar-refractivity contribution in [3.05, 3.63) is 54.1 Å². The zero-order valence-electron chi connectivity index (χ0n) is 19.1. The van der Waals surface area contributed by atoms with Gasteiger partial charge in [0, 0.05) is 25.3 Å². The summed E-state index contributed by atoms with van der Waals surface area (Å²) in [7, 11) is 0. The first-order valence-corrected chi connectivity index (χ1v) is 11.9. The molecule has 2 aliphatic heterocycles. The van der Waals surface area contributed by atoms with Crippen LogP contribution in [0.15, 0.2) is 42.9 Å². The predicted molar refractivity (Wildman–Crippen MR) is 124 cm³/mol. The van der Waals surface area contributed by atoms with Gasteiger partial charge in [-0.25, -0.2) is 14.5 Å². The average Bonchev–Trinajstić information content (AvgIpc) is 3.54. The SMILES string of the molecule is CC1CC2CN(C(=O)COC(c3cccc4ncnn34)C3CC3)CC1N2c1ccc(C#N)cn1. The van der Waals surface area contributed by atoms with E-state index in [2.05, 4.69) is 33.0 Å². The fraction of sp³-hybridized carbons (Fsp3) is 0.480. The number of likely N-dealkylation sites (tertiary alicyclic amines) is 1. The first-order chi connectivity index (χ1) is 16.6. The Kier molecular flexibility index (Phi) is 5.18. The summed E-state index contributed by atoms with van der Waals surface area (Å²) in [5.41, 5.74) is 2.30. The number of fused-ring (bicyclic) bond motifs is 3.